The molecule has 7 nitrogen and oxygen atoms in total. The second-order valence-electron chi connectivity index (χ2n) is 4.15. The van der Waals surface area contributed by atoms with Gasteiger partial charge in [0, 0.05) is 12.3 Å². The van der Waals surface area contributed by atoms with Crippen LogP contribution in [-0.2, 0) is 4.74 Å². The zero-order valence-electron chi connectivity index (χ0n) is 10.3. The number of aromatic nitrogens is 1. The van der Waals surface area contributed by atoms with Crippen molar-refractivity contribution in [3.05, 3.63) is 24.0 Å². The van der Waals surface area contributed by atoms with Gasteiger partial charge in [0.1, 0.15) is 11.9 Å². The van der Waals surface area contributed by atoms with E-state index in [-0.39, 0.29) is 11.8 Å². The van der Waals surface area contributed by atoms with E-state index < -0.39 is 12.1 Å². The zero-order chi connectivity index (χ0) is 13.7. The highest BCUT2D eigenvalue weighted by atomic mass is 16.6. The van der Waals surface area contributed by atoms with E-state index in [4.69, 9.17) is 10.5 Å². The number of esters is 1. The Bertz CT molecular complexity index is 472. The van der Waals surface area contributed by atoms with Crippen LogP contribution in [0.15, 0.2) is 18.3 Å². The molecule has 102 valence electrons. The molecular formula is C12H15N3O4. The number of amides is 1. The lowest BCUT2D eigenvalue weighted by atomic mass is 10.1. The maximum atomic E-state index is 11.4. The van der Waals surface area contributed by atoms with Gasteiger partial charge in [-0.2, -0.15) is 0 Å². The fourth-order valence-corrected chi connectivity index (χ4v) is 1.85. The highest BCUT2D eigenvalue weighted by Gasteiger charge is 2.17. The molecule has 1 fully saturated rings. The molecule has 1 aliphatic heterocycles. The Balaban J connectivity index is 2.01. The van der Waals surface area contributed by atoms with E-state index in [9.17, 15) is 9.59 Å². The van der Waals surface area contributed by atoms with Crippen molar-refractivity contribution in [2.75, 3.05) is 13.1 Å². The van der Waals surface area contributed by atoms with Crippen LogP contribution in [0.5, 0.6) is 5.75 Å². The minimum atomic E-state index is -1.16. The van der Waals surface area contributed by atoms with Gasteiger partial charge in [-0.15, -0.1) is 0 Å². The van der Waals surface area contributed by atoms with Crippen LogP contribution in [0.2, 0.25) is 0 Å². The van der Waals surface area contributed by atoms with Gasteiger partial charge < -0.3 is 20.5 Å². The quantitative estimate of drug-likeness (QED) is 0.607. The van der Waals surface area contributed by atoms with Crippen LogP contribution in [0.3, 0.4) is 0 Å². The van der Waals surface area contributed by atoms with Gasteiger partial charge in [-0.05, 0) is 32.0 Å². The Hall–Kier alpha value is -2.15. The normalized spacial score (nSPS) is 15.8. The third-order valence-electron chi connectivity index (χ3n) is 2.72. The highest BCUT2D eigenvalue weighted by Crippen LogP contribution is 2.17. The minimum absolute atomic E-state index is 0.00904. The molecule has 1 aromatic heterocycles. The highest BCUT2D eigenvalue weighted by molar-refractivity contribution is 5.94. The van der Waals surface area contributed by atoms with Crippen molar-refractivity contribution in [1.29, 1.82) is 0 Å². The molecule has 7 heteroatoms. The predicted octanol–water partition coefficient (Wildman–Crippen LogP) is 0.448. The zero-order valence-corrected chi connectivity index (χ0v) is 10.3. The first kappa shape index (κ1) is 13.3. The number of nitrogens with two attached hydrogens (primary N) is 1. The summed E-state index contributed by atoms with van der Waals surface area (Å²) in [6.07, 6.45) is 2.20. The van der Waals surface area contributed by atoms with E-state index in [0.717, 1.165) is 25.9 Å². The van der Waals surface area contributed by atoms with Crippen LogP contribution in [0, 0.1) is 0 Å². The number of nitrogens with zero attached hydrogens (tertiary/aromatic N) is 1. The number of pyridine rings is 1. The molecule has 19 heavy (non-hydrogen) atoms. The van der Waals surface area contributed by atoms with Crippen LogP contribution in [-0.4, -0.2) is 36.2 Å². The second-order valence-corrected chi connectivity index (χ2v) is 4.15. The van der Waals surface area contributed by atoms with Gasteiger partial charge >= 0.3 is 12.1 Å². The molecule has 2 rings (SSSR count). The largest absolute Gasteiger partial charge is 0.490 e. The van der Waals surface area contributed by atoms with Crippen molar-refractivity contribution in [2.45, 2.75) is 18.9 Å². The molecule has 0 atom stereocenters. The molecule has 0 bridgehead atoms. The lowest BCUT2D eigenvalue weighted by Crippen LogP contribution is -2.34. The van der Waals surface area contributed by atoms with E-state index in [1.165, 1.54) is 12.3 Å². The first-order chi connectivity index (χ1) is 9.15. The fourth-order valence-electron chi connectivity index (χ4n) is 1.85. The Morgan fingerprint density at radius 2 is 2.11 bits per heavy atom. The molecule has 0 unspecified atom stereocenters. The third-order valence-corrected chi connectivity index (χ3v) is 2.72. The monoisotopic (exact) mass is 265 g/mol. The number of ether oxygens (including phenoxy) is 2. The van der Waals surface area contributed by atoms with E-state index >= 15 is 0 Å². The summed E-state index contributed by atoms with van der Waals surface area (Å²) in [6, 6.07) is 3.09. The lowest BCUT2D eigenvalue weighted by Gasteiger charge is -2.23. The molecule has 1 aromatic rings. The van der Waals surface area contributed by atoms with Crippen LogP contribution in [0.25, 0.3) is 0 Å². The van der Waals surface area contributed by atoms with E-state index in [1.807, 2.05) is 0 Å². The van der Waals surface area contributed by atoms with Crippen molar-refractivity contribution in [3.63, 3.8) is 0 Å². The number of hydrogen-bond donors (Lipinski definition) is 2. The van der Waals surface area contributed by atoms with Crippen LogP contribution in [0.4, 0.5) is 4.79 Å². The van der Waals surface area contributed by atoms with Crippen molar-refractivity contribution in [1.82, 2.24) is 10.3 Å². The Morgan fingerprint density at radius 1 is 1.37 bits per heavy atom. The van der Waals surface area contributed by atoms with Gasteiger partial charge in [0.15, 0.2) is 5.69 Å². The van der Waals surface area contributed by atoms with Gasteiger partial charge in [-0.25, -0.2) is 14.6 Å². The van der Waals surface area contributed by atoms with Gasteiger partial charge in [-0.3, -0.25) is 0 Å². The van der Waals surface area contributed by atoms with E-state index in [2.05, 4.69) is 15.0 Å². The summed E-state index contributed by atoms with van der Waals surface area (Å²) in [4.78, 5) is 25.8. The van der Waals surface area contributed by atoms with E-state index in [1.54, 1.807) is 6.07 Å². The predicted molar refractivity (Wildman–Crippen MR) is 65.8 cm³/mol. The van der Waals surface area contributed by atoms with Gasteiger partial charge in [0.05, 0.1) is 0 Å². The molecule has 0 aliphatic carbocycles. The number of primary amides is 1. The van der Waals surface area contributed by atoms with Crippen molar-refractivity contribution in [3.8, 4) is 5.75 Å². The first-order valence-corrected chi connectivity index (χ1v) is 6.00. The average Bonchev–Trinajstić information content (AvgIpc) is 2.39. The van der Waals surface area contributed by atoms with Crippen molar-refractivity contribution >= 4 is 12.1 Å². The Morgan fingerprint density at radius 3 is 2.79 bits per heavy atom. The minimum Gasteiger partial charge on any atom is -0.490 e. The summed E-state index contributed by atoms with van der Waals surface area (Å²) < 4.78 is 10.0. The lowest BCUT2D eigenvalue weighted by molar-refractivity contribution is 0.0630. The second kappa shape index (κ2) is 6.14. The molecule has 1 saturated heterocycles. The molecule has 2 heterocycles. The average molecular weight is 265 g/mol. The molecule has 0 radical (unpaired) electrons. The maximum absolute atomic E-state index is 11.4. The van der Waals surface area contributed by atoms with Gasteiger partial charge in [0.2, 0.25) is 0 Å². The summed E-state index contributed by atoms with van der Waals surface area (Å²) in [5.74, 6) is -0.360. The first-order valence-electron chi connectivity index (χ1n) is 6.00. The Labute approximate surface area is 110 Å². The topological polar surface area (TPSA) is 104 Å². The standard InChI is InChI=1S/C12H15N3O4/c13-12(17)19-11(16)10-7-9(3-6-15-10)18-8-1-4-14-5-2-8/h3,6-8,14H,1-2,4-5H2,(H2,13,17). The van der Waals surface area contributed by atoms with Crippen molar-refractivity contribution in [2.24, 2.45) is 5.73 Å². The van der Waals surface area contributed by atoms with Crippen molar-refractivity contribution < 1.29 is 19.1 Å². The molecule has 1 amide bonds. The molecule has 0 saturated carbocycles. The number of carbonyl (C=O) groups excluding carboxylic acids is 2. The number of rotatable bonds is 3. The molecule has 0 aromatic carbocycles. The van der Waals surface area contributed by atoms with Gasteiger partial charge in [0.25, 0.3) is 0 Å². The number of nitrogens with one attached hydrogen (secondary N) is 1. The van der Waals surface area contributed by atoms with Crippen LogP contribution in [0.1, 0.15) is 23.3 Å². The molecule has 1 aliphatic rings. The van der Waals surface area contributed by atoms with Crippen LogP contribution < -0.4 is 15.8 Å². The third kappa shape index (κ3) is 3.92. The smallest absolute Gasteiger partial charge is 0.412 e. The summed E-state index contributed by atoms with van der Waals surface area (Å²) in [5, 5.41) is 3.23. The molecular weight excluding hydrogens is 250 g/mol. The fraction of sp³-hybridized carbons (Fsp3) is 0.417. The van der Waals surface area contributed by atoms with Gasteiger partial charge in [-0.1, -0.05) is 0 Å². The van der Waals surface area contributed by atoms with E-state index in [0.29, 0.717) is 5.75 Å². The number of hydrogen-bond acceptors (Lipinski definition) is 6. The maximum Gasteiger partial charge on any atom is 0.412 e. The molecule has 0 spiro atoms. The summed E-state index contributed by atoms with van der Waals surface area (Å²) in [7, 11) is 0. The summed E-state index contributed by atoms with van der Waals surface area (Å²) >= 11 is 0. The summed E-state index contributed by atoms with van der Waals surface area (Å²) in [5.41, 5.74) is 4.76. The number of piperidine rings is 1. The summed E-state index contributed by atoms with van der Waals surface area (Å²) in [6.45, 7) is 1.82. The number of carbonyl (C=O) groups is 2. The SMILES string of the molecule is NC(=O)OC(=O)c1cc(OC2CCNCC2)ccn1. The van der Waals surface area contributed by atoms with Crippen LogP contribution >= 0.6 is 0 Å². The Kier molecular flexibility index (Phi) is 4.30. The molecule has 3 N–H and O–H groups in total.